The van der Waals surface area contributed by atoms with Crippen molar-refractivity contribution < 1.29 is 14.7 Å². The van der Waals surface area contributed by atoms with E-state index in [-0.39, 0.29) is 19.0 Å². The van der Waals surface area contributed by atoms with Crippen molar-refractivity contribution in [3.8, 4) is 0 Å². The maximum absolute atomic E-state index is 11.9. The van der Waals surface area contributed by atoms with Gasteiger partial charge in [0.2, 0.25) is 0 Å². The van der Waals surface area contributed by atoms with Crippen molar-refractivity contribution in [3.63, 3.8) is 0 Å². The summed E-state index contributed by atoms with van der Waals surface area (Å²) in [6.07, 6.45) is 0. The zero-order chi connectivity index (χ0) is 14.9. The number of benzene rings is 1. The fraction of sp³-hybridized carbons (Fsp3) is 0.467. The van der Waals surface area contributed by atoms with Crippen LogP contribution >= 0.6 is 0 Å². The molecule has 5 heteroatoms. The van der Waals surface area contributed by atoms with Crippen LogP contribution in [0.5, 0.6) is 0 Å². The van der Waals surface area contributed by atoms with E-state index in [1.165, 1.54) is 4.90 Å². The van der Waals surface area contributed by atoms with Gasteiger partial charge in [-0.1, -0.05) is 31.5 Å². The standard InChI is InChI=1S/C15H20N2O3/c1-10(2)15(20)8-17(9-15)14(19)13(18)16-12-6-4-11(3)5-7-12/h4-7,10,20H,8-9H2,1-3H3,(H,16,18). The zero-order valence-corrected chi connectivity index (χ0v) is 12.0. The molecule has 1 heterocycles. The molecule has 1 aromatic rings. The molecule has 1 saturated heterocycles. The molecule has 20 heavy (non-hydrogen) atoms. The molecule has 0 saturated carbocycles. The molecule has 0 aliphatic carbocycles. The molecular formula is C15H20N2O3. The third kappa shape index (κ3) is 2.82. The Bertz CT molecular complexity index is 516. The van der Waals surface area contributed by atoms with E-state index in [0.29, 0.717) is 5.69 Å². The number of amides is 2. The quantitative estimate of drug-likeness (QED) is 0.796. The Morgan fingerprint density at radius 1 is 1.25 bits per heavy atom. The number of nitrogens with one attached hydrogen (secondary N) is 1. The van der Waals surface area contributed by atoms with Crippen LogP contribution in [-0.4, -0.2) is 40.5 Å². The second kappa shape index (κ2) is 5.25. The van der Waals surface area contributed by atoms with Gasteiger partial charge in [-0.3, -0.25) is 9.59 Å². The van der Waals surface area contributed by atoms with Crippen LogP contribution in [0, 0.1) is 12.8 Å². The maximum atomic E-state index is 11.9. The van der Waals surface area contributed by atoms with Crippen LogP contribution in [0.15, 0.2) is 24.3 Å². The first-order valence-electron chi connectivity index (χ1n) is 6.71. The van der Waals surface area contributed by atoms with Crippen molar-refractivity contribution in [2.75, 3.05) is 18.4 Å². The van der Waals surface area contributed by atoms with Crippen molar-refractivity contribution in [1.29, 1.82) is 0 Å². The summed E-state index contributed by atoms with van der Waals surface area (Å²) in [6.45, 7) is 6.17. The Balaban J connectivity index is 1.91. The molecule has 1 fully saturated rings. The van der Waals surface area contributed by atoms with E-state index in [4.69, 9.17) is 0 Å². The summed E-state index contributed by atoms with van der Waals surface area (Å²) in [7, 11) is 0. The van der Waals surface area contributed by atoms with Gasteiger partial charge in [-0.05, 0) is 25.0 Å². The maximum Gasteiger partial charge on any atom is 0.313 e. The van der Waals surface area contributed by atoms with E-state index in [1.807, 2.05) is 32.9 Å². The number of carbonyl (C=O) groups is 2. The second-order valence-corrected chi connectivity index (χ2v) is 5.74. The smallest absolute Gasteiger partial charge is 0.313 e. The van der Waals surface area contributed by atoms with E-state index >= 15 is 0 Å². The van der Waals surface area contributed by atoms with Crippen LogP contribution in [0.1, 0.15) is 19.4 Å². The Labute approximate surface area is 118 Å². The predicted octanol–water partition coefficient (Wildman–Crippen LogP) is 1.16. The Kier molecular flexibility index (Phi) is 3.81. The molecule has 108 valence electrons. The number of β-amino-alcohol motifs (C(OH)–C–C–N with tert-alkyl or cyclic N) is 1. The fourth-order valence-corrected chi connectivity index (χ4v) is 2.09. The van der Waals surface area contributed by atoms with Crippen LogP contribution in [0.3, 0.4) is 0 Å². The average Bonchev–Trinajstić information content (AvgIpc) is 2.36. The molecule has 2 amide bonds. The second-order valence-electron chi connectivity index (χ2n) is 5.74. The molecule has 2 N–H and O–H groups in total. The van der Waals surface area contributed by atoms with Gasteiger partial charge in [0.05, 0.1) is 13.1 Å². The van der Waals surface area contributed by atoms with Gasteiger partial charge >= 0.3 is 11.8 Å². The summed E-state index contributed by atoms with van der Waals surface area (Å²) < 4.78 is 0. The minimum absolute atomic E-state index is 0.0618. The number of carbonyl (C=O) groups excluding carboxylic acids is 2. The minimum atomic E-state index is -0.861. The fourth-order valence-electron chi connectivity index (χ4n) is 2.09. The summed E-state index contributed by atoms with van der Waals surface area (Å²) >= 11 is 0. The van der Waals surface area contributed by atoms with Gasteiger partial charge < -0.3 is 15.3 Å². The van der Waals surface area contributed by atoms with Crippen LogP contribution in [0.25, 0.3) is 0 Å². The number of hydrogen-bond donors (Lipinski definition) is 2. The van der Waals surface area contributed by atoms with E-state index in [1.54, 1.807) is 12.1 Å². The molecule has 2 rings (SSSR count). The van der Waals surface area contributed by atoms with Crippen LogP contribution < -0.4 is 5.32 Å². The van der Waals surface area contributed by atoms with E-state index in [0.717, 1.165) is 5.56 Å². The lowest BCUT2D eigenvalue weighted by Gasteiger charge is -2.48. The van der Waals surface area contributed by atoms with E-state index < -0.39 is 17.4 Å². The van der Waals surface area contributed by atoms with Gasteiger partial charge in [0.25, 0.3) is 0 Å². The van der Waals surface area contributed by atoms with Crippen LogP contribution in [0.4, 0.5) is 5.69 Å². The number of aryl methyl sites for hydroxylation is 1. The van der Waals surface area contributed by atoms with Gasteiger partial charge in [-0.2, -0.15) is 0 Å². The van der Waals surface area contributed by atoms with Crippen LogP contribution in [-0.2, 0) is 9.59 Å². The summed E-state index contributed by atoms with van der Waals surface area (Å²) in [4.78, 5) is 25.1. The lowest BCUT2D eigenvalue weighted by molar-refractivity contribution is -0.167. The number of likely N-dealkylation sites (tertiary alicyclic amines) is 1. The number of aliphatic hydroxyl groups is 1. The normalized spacial score (nSPS) is 16.8. The van der Waals surface area contributed by atoms with E-state index in [9.17, 15) is 14.7 Å². The molecule has 0 spiro atoms. The highest BCUT2D eigenvalue weighted by Crippen LogP contribution is 2.28. The van der Waals surface area contributed by atoms with Crippen LogP contribution in [0.2, 0.25) is 0 Å². The lowest BCUT2D eigenvalue weighted by Crippen LogP contribution is -2.67. The van der Waals surface area contributed by atoms with E-state index in [2.05, 4.69) is 5.32 Å². The predicted molar refractivity (Wildman–Crippen MR) is 76.2 cm³/mol. The largest absolute Gasteiger partial charge is 0.386 e. The first-order valence-corrected chi connectivity index (χ1v) is 6.71. The highest BCUT2D eigenvalue weighted by molar-refractivity contribution is 6.39. The zero-order valence-electron chi connectivity index (χ0n) is 12.0. The average molecular weight is 276 g/mol. The van der Waals surface area contributed by atoms with Crippen molar-refractivity contribution >= 4 is 17.5 Å². The summed E-state index contributed by atoms with van der Waals surface area (Å²) in [5.74, 6) is -1.21. The topological polar surface area (TPSA) is 69.6 Å². The summed E-state index contributed by atoms with van der Waals surface area (Å²) in [5.41, 5.74) is 0.812. The molecule has 5 nitrogen and oxygen atoms in total. The monoisotopic (exact) mass is 276 g/mol. The third-order valence-corrected chi connectivity index (χ3v) is 3.79. The molecule has 0 radical (unpaired) electrons. The number of nitrogens with zero attached hydrogens (tertiary/aromatic N) is 1. The van der Waals surface area contributed by atoms with Crippen molar-refractivity contribution in [3.05, 3.63) is 29.8 Å². The highest BCUT2D eigenvalue weighted by Gasteiger charge is 2.47. The van der Waals surface area contributed by atoms with Gasteiger partial charge in [0.15, 0.2) is 0 Å². The Morgan fingerprint density at radius 3 is 2.30 bits per heavy atom. The van der Waals surface area contributed by atoms with Gasteiger partial charge in [-0.25, -0.2) is 0 Å². The first kappa shape index (κ1) is 14.5. The van der Waals surface area contributed by atoms with Gasteiger partial charge in [0, 0.05) is 5.69 Å². The number of rotatable bonds is 2. The third-order valence-electron chi connectivity index (χ3n) is 3.79. The minimum Gasteiger partial charge on any atom is -0.386 e. The van der Waals surface area contributed by atoms with Crippen molar-refractivity contribution in [1.82, 2.24) is 4.90 Å². The molecular weight excluding hydrogens is 256 g/mol. The SMILES string of the molecule is Cc1ccc(NC(=O)C(=O)N2CC(O)(C(C)C)C2)cc1. The first-order chi connectivity index (χ1) is 9.32. The summed E-state index contributed by atoms with van der Waals surface area (Å²) in [5, 5.41) is 12.6. The molecule has 1 aliphatic heterocycles. The number of hydrogen-bond acceptors (Lipinski definition) is 3. The summed E-state index contributed by atoms with van der Waals surface area (Å²) in [6, 6.07) is 7.23. The number of anilines is 1. The van der Waals surface area contributed by atoms with Crippen molar-refractivity contribution in [2.45, 2.75) is 26.4 Å². The molecule has 1 aliphatic rings. The molecule has 1 aromatic carbocycles. The lowest BCUT2D eigenvalue weighted by atomic mass is 9.83. The molecule has 0 atom stereocenters. The molecule has 0 unspecified atom stereocenters. The van der Waals surface area contributed by atoms with Gasteiger partial charge in [-0.15, -0.1) is 0 Å². The van der Waals surface area contributed by atoms with Gasteiger partial charge in [0.1, 0.15) is 5.60 Å². The van der Waals surface area contributed by atoms with Crippen molar-refractivity contribution in [2.24, 2.45) is 5.92 Å². The molecule has 0 aromatic heterocycles. The highest BCUT2D eigenvalue weighted by atomic mass is 16.3. The molecule has 0 bridgehead atoms. The Hall–Kier alpha value is -1.88. The Morgan fingerprint density at radius 2 is 1.80 bits per heavy atom.